The average molecular weight is 372 g/mol. The standard InChI is InChI=1S/C14H18BrN3O4/c1-13(2,3)22-12(21)18-6-4-5-14(18,11(19)20)9-7-17-10(15)8-16-9/h7-8H,4-6H2,1-3H3,(H,19,20)/t14-/m1/s1. The number of ether oxygens (including phenoxy) is 1. The highest BCUT2D eigenvalue weighted by atomic mass is 79.9. The van der Waals surface area contributed by atoms with Crippen LogP contribution in [0.15, 0.2) is 17.0 Å². The van der Waals surface area contributed by atoms with Gasteiger partial charge in [0.25, 0.3) is 0 Å². The molecule has 1 aromatic rings. The molecule has 0 aromatic carbocycles. The smallest absolute Gasteiger partial charge is 0.411 e. The number of nitrogens with zero attached hydrogens (tertiary/aromatic N) is 3. The predicted molar refractivity (Wildman–Crippen MR) is 81.2 cm³/mol. The van der Waals surface area contributed by atoms with Gasteiger partial charge in [0.2, 0.25) is 0 Å². The second-order valence-electron chi connectivity index (χ2n) is 6.13. The van der Waals surface area contributed by atoms with Gasteiger partial charge < -0.3 is 9.84 Å². The van der Waals surface area contributed by atoms with E-state index in [1.165, 1.54) is 17.3 Å². The van der Waals surface area contributed by atoms with Crippen molar-refractivity contribution in [3.05, 3.63) is 22.7 Å². The molecule has 1 amide bonds. The average Bonchev–Trinajstić information content (AvgIpc) is 2.83. The second-order valence-corrected chi connectivity index (χ2v) is 6.94. The number of hydrogen-bond donors (Lipinski definition) is 1. The monoisotopic (exact) mass is 371 g/mol. The second kappa shape index (κ2) is 5.83. The minimum Gasteiger partial charge on any atom is -0.479 e. The van der Waals surface area contributed by atoms with Gasteiger partial charge in [-0.2, -0.15) is 0 Å². The van der Waals surface area contributed by atoms with E-state index in [0.29, 0.717) is 17.6 Å². The molecule has 2 heterocycles. The SMILES string of the molecule is CC(C)(C)OC(=O)N1CCC[C@]1(C(=O)O)c1cnc(Br)cn1. The lowest BCUT2D eigenvalue weighted by Crippen LogP contribution is -2.52. The van der Waals surface area contributed by atoms with Crippen LogP contribution in [-0.2, 0) is 15.1 Å². The van der Waals surface area contributed by atoms with E-state index in [1.54, 1.807) is 20.8 Å². The quantitative estimate of drug-likeness (QED) is 0.858. The molecule has 0 aliphatic carbocycles. The van der Waals surface area contributed by atoms with Crippen molar-refractivity contribution < 1.29 is 19.4 Å². The number of rotatable bonds is 2. The molecule has 22 heavy (non-hydrogen) atoms. The molecule has 120 valence electrons. The zero-order valence-electron chi connectivity index (χ0n) is 12.7. The highest BCUT2D eigenvalue weighted by Gasteiger charge is 2.54. The van der Waals surface area contributed by atoms with Crippen LogP contribution >= 0.6 is 15.9 Å². The van der Waals surface area contributed by atoms with Crippen LogP contribution in [0.1, 0.15) is 39.3 Å². The van der Waals surface area contributed by atoms with Crippen LogP contribution < -0.4 is 0 Å². The number of halogens is 1. The molecule has 1 N–H and O–H groups in total. The van der Waals surface area contributed by atoms with Crippen LogP contribution in [0.2, 0.25) is 0 Å². The summed E-state index contributed by atoms with van der Waals surface area (Å²) in [5.41, 5.74) is -2.00. The van der Waals surface area contributed by atoms with Crippen LogP contribution in [0.25, 0.3) is 0 Å². The van der Waals surface area contributed by atoms with Gasteiger partial charge in [0.1, 0.15) is 10.2 Å². The number of carboxylic acid groups (broad SMARTS) is 1. The zero-order chi connectivity index (χ0) is 16.5. The van der Waals surface area contributed by atoms with Crippen molar-refractivity contribution >= 4 is 28.0 Å². The van der Waals surface area contributed by atoms with Gasteiger partial charge in [-0.05, 0) is 49.5 Å². The Kier molecular flexibility index (Phi) is 4.42. The van der Waals surface area contributed by atoms with E-state index in [-0.39, 0.29) is 12.1 Å². The summed E-state index contributed by atoms with van der Waals surface area (Å²) in [7, 11) is 0. The van der Waals surface area contributed by atoms with Gasteiger partial charge >= 0.3 is 12.1 Å². The topological polar surface area (TPSA) is 92.6 Å². The maximum Gasteiger partial charge on any atom is 0.411 e. The molecule has 8 heteroatoms. The molecule has 0 saturated carbocycles. The van der Waals surface area contributed by atoms with Crippen molar-refractivity contribution in [2.75, 3.05) is 6.54 Å². The minimum atomic E-state index is -1.53. The van der Waals surface area contributed by atoms with E-state index >= 15 is 0 Å². The van der Waals surface area contributed by atoms with Gasteiger partial charge in [-0.15, -0.1) is 0 Å². The lowest BCUT2D eigenvalue weighted by molar-refractivity contribution is -0.150. The predicted octanol–water partition coefficient (Wildman–Crippen LogP) is 2.55. The Balaban J connectivity index is 2.42. The first-order valence-electron chi connectivity index (χ1n) is 6.89. The third kappa shape index (κ3) is 3.06. The summed E-state index contributed by atoms with van der Waals surface area (Å²) < 4.78 is 5.84. The van der Waals surface area contributed by atoms with Crippen molar-refractivity contribution in [2.45, 2.75) is 44.8 Å². The Labute approximate surface area is 136 Å². The molecule has 0 unspecified atom stereocenters. The fourth-order valence-electron chi connectivity index (χ4n) is 2.51. The van der Waals surface area contributed by atoms with Crippen molar-refractivity contribution in [2.24, 2.45) is 0 Å². The molecule has 0 bridgehead atoms. The Morgan fingerprint density at radius 1 is 1.36 bits per heavy atom. The summed E-state index contributed by atoms with van der Waals surface area (Å²) in [6, 6.07) is 0. The number of amides is 1. The number of aliphatic carboxylic acids is 1. The summed E-state index contributed by atoms with van der Waals surface area (Å²) in [4.78, 5) is 33.8. The van der Waals surface area contributed by atoms with Gasteiger partial charge in [-0.3, -0.25) is 9.88 Å². The Hall–Kier alpha value is -1.70. The number of hydrogen-bond acceptors (Lipinski definition) is 5. The Morgan fingerprint density at radius 2 is 2.05 bits per heavy atom. The van der Waals surface area contributed by atoms with Gasteiger partial charge in [-0.25, -0.2) is 14.6 Å². The summed E-state index contributed by atoms with van der Waals surface area (Å²) >= 11 is 3.17. The van der Waals surface area contributed by atoms with Crippen LogP contribution in [0.4, 0.5) is 4.79 Å². The van der Waals surface area contributed by atoms with Gasteiger partial charge in [0.15, 0.2) is 5.54 Å². The van der Waals surface area contributed by atoms with Crippen molar-refractivity contribution in [1.82, 2.24) is 14.9 Å². The molecule has 7 nitrogen and oxygen atoms in total. The lowest BCUT2D eigenvalue weighted by atomic mass is 9.92. The van der Waals surface area contributed by atoms with E-state index in [1.807, 2.05) is 0 Å². The highest BCUT2D eigenvalue weighted by Crippen LogP contribution is 2.39. The van der Waals surface area contributed by atoms with E-state index in [9.17, 15) is 14.7 Å². The fourth-order valence-corrected chi connectivity index (χ4v) is 2.71. The van der Waals surface area contributed by atoms with E-state index in [0.717, 1.165) is 0 Å². The van der Waals surface area contributed by atoms with Crippen LogP contribution in [0.5, 0.6) is 0 Å². The molecule has 1 aliphatic heterocycles. The molecular formula is C14H18BrN3O4. The maximum absolute atomic E-state index is 12.4. The van der Waals surface area contributed by atoms with Crippen LogP contribution in [0, 0.1) is 0 Å². The van der Waals surface area contributed by atoms with Crippen molar-refractivity contribution in [3.63, 3.8) is 0 Å². The molecule has 1 fully saturated rings. The Bertz CT molecular complexity index is 585. The van der Waals surface area contributed by atoms with Gasteiger partial charge in [0.05, 0.1) is 18.1 Å². The zero-order valence-corrected chi connectivity index (χ0v) is 14.3. The third-order valence-corrected chi connectivity index (χ3v) is 3.80. The van der Waals surface area contributed by atoms with E-state index < -0.39 is 23.2 Å². The molecule has 0 radical (unpaired) electrons. The summed E-state index contributed by atoms with van der Waals surface area (Å²) in [6.45, 7) is 5.52. The molecule has 1 atom stereocenters. The van der Waals surface area contributed by atoms with Gasteiger partial charge in [-0.1, -0.05) is 0 Å². The number of aromatic nitrogens is 2. The maximum atomic E-state index is 12.4. The first-order chi connectivity index (χ1) is 10.2. The van der Waals surface area contributed by atoms with Gasteiger partial charge in [0, 0.05) is 6.54 Å². The highest BCUT2D eigenvalue weighted by molar-refractivity contribution is 9.10. The lowest BCUT2D eigenvalue weighted by Gasteiger charge is -2.35. The van der Waals surface area contributed by atoms with Crippen molar-refractivity contribution in [1.29, 1.82) is 0 Å². The fraction of sp³-hybridized carbons (Fsp3) is 0.571. The number of likely N-dealkylation sites (tertiary alicyclic amines) is 1. The largest absolute Gasteiger partial charge is 0.479 e. The number of carbonyl (C=O) groups is 2. The summed E-state index contributed by atoms with van der Waals surface area (Å²) in [5.74, 6) is -1.13. The van der Waals surface area contributed by atoms with Crippen LogP contribution in [-0.4, -0.2) is 44.2 Å². The minimum absolute atomic E-state index is 0.228. The third-order valence-electron chi connectivity index (χ3n) is 3.39. The molecule has 1 aliphatic rings. The molecular weight excluding hydrogens is 354 g/mol. The van der Waals surface area contributed by atoms with Crippen molar-refractivity contribution in [3.8, 4) is 0 Å². The van der Waals surface area contributed by atoms with E-state index in [2.05, 4.69) is 25.9 Å². The number of carboxylic acids is 1. The molecule has 2 rings (SSSR count). The first-order valence-corrected chi connectivity index (χ1v) is 7.68. The summed E-state index contributed by atoms with van der Waals surface area (Å²) in [5, 5.41) is 9.78. The summed E-state index contributed by atoms with van der Waals surface area (Å²) in [6.07, 6.45) is 2.98. The molecule has 1 aromatic heterocycles. The Morgan fingerprint density at radius 3 is 2.55 bits per heavy atom. The molecule has 1 saturated heterocycles. The molecule has 0 spiro atoms. The van der Waals surface area contributed by atoms with Crippen LogP contribution in [0.3, 0.4) is 0 Å². The first kappa shape index (κ1) is 16.7. The normalized spacial score (nSPS) is 21.7. The van der Waals surface area contributed by atoms with E-state index in [4.69, 9.17) is 4.74 Å². The number of carbonyl (C=O) groups excluding carboxylic acids is 1.